The molecule has 0 spiro atoms. The van der Waals surface area contributed by atoms with Gasteiger partial charge in [0.2, 0.25) is 0 Å². The Balaban J connectivity index is -0.000000188. The van der Waals surface area contributed by atoms with Gasteiger partial charge in [-0.2, -0.15) is 13.1 Å². The summed E-state index contributed by atoms with van der Waals surface area (Å²) in [4.78, 5) is 20.1. The van der Waals surface area contributed by atoms with E-state index in [0.717, 1.165) is 25.7 Å². The summed E-state index contributed by atoms with van der Waals surface area (Å²) in [7, 11) is 0. The van der Waals surface area contributed by atoms with Crippen molar-refractivity contribution in [3.63, 3.8) is 0 Å². The average Bonchev–Trinajstić information content (AvgIpc) is 2.66. The molecular weight excluding hydrogens is 402 g/mol. The van der Waals surface area contributed by atoms with Crippen LogP contribution in [-0.2, 0) is 30.7 Å². The summed E-state index contributed by atoms with van der Waals surface area (Å²) >= 11 is 0. The van der Waals surface area contributed by atoms with E-state index in [4.69, 9.17) is 11.5 Å². The first-order valence-electron chi connectivity index (χ1n) is 6.18. The molecule has 1 fully saturated rings. The maximum atomic E-state index is 10.1. The van der Waals surface area contributed by atoms with Crippen molar-refractivity contribution in [2.24, 2.45) is 0 Å². The molecule has 0 aliphatic carbocycles. The third-order valence-corrected chi connectivity index (χ3v) is 1.86. The van der Waals surface area contributed by atoms with Gasteiger partial charge in [-0.1, -0.05) is 39.5 Å². The Bertz CT molecular complexity index is 178. The molecule has 0 unspecified atom stereocenters. The van der Waals surface area contributed by atoms with Crippen molar-refractivity contribution in [1.82, 2.24) is 0 Å². The number of rotatable bonds is 4. The molecule has 1 aliphatic heterocycles. The van der Waals surface area contributed by atoms with E-state index in [-0.39, 0.29) is 32.9 Å². The monoisotopic (exact) mass is 426 g/mol. The van der Waals surface area contributed by atoms with Gasteiger partial charge in [0.15, 0.2) is 0 Å². The number of hydrogen-bond acceptors (Lipinski definition) is 2. The van der Waals surface area contributed by atoms with Gasteiger partial charge in [0.1, 0.15) is 0 Å². The molecular formula is C12H24N3O2W-3. The molecule has 1 saturated heterocycles. The smallest absolute Gasteiger partial charge is 0.0568 e. The molecule has 0 bridgehead atoms. The molecule has 18 heavy (non-hydrogen) atoms. The number of hydrogen-bond donors (Lipinski definition) is 0. The molecule has 6 heteroatoms. The van der Waals surface area contributed by atoms with Crippen molar-refractivity contribution < 1.29 is 30.7 Å². The van der Waals surface area contributed by atoms with Crippen LogP contribution in [0.2, 0.25) is 0 Å². The van der Waals surface area contributed by atoms with E-state index in [1.165, 1.54) is 0 Å². The summed E-state index contributed by atoms with van der Waals surface area (Å²) in [6.45, 7) is 5.37. The summed E-state index contributed by atoms with van der Waals surface area (Å²) in [6.07, 6.45) is 5.06. The van der Waals surface area contributed by atoms with Crippen LogP contribution in [0, 0.1) is 0 Å². The van der Waals surface area contributed by atoms with Crippen molar-refractivity contribution in [3.05, 3.63) is 16.8 Å². The fraction of sp³-hybridized carbons (Fsp3) is 0.833. The third-order valence-electron chi connectivity index (χ3n) is 1.86. The summed E-state index contributed by atoms with van der Waals surface area (Å²) in [5.74, 6) is -0.546. The van der Waals surface area contributed by atoms with Gasteiger partial charge in [-0.15, -0.1) is 0 Å². The molecule has 1 rings (SSSR count). The molecule has 0 aromatic heterocycles. The number of nitrogens with zero attached hydrogens (tertiary/aromatic N) is 1. The van der Waals surface area contributed by atoms with Crippen LogP contribution < -0.4 is 0 Å². The van der Waals surface area contributed by atoms with Crippen molar-refractivity contribution in [1.29, 1.82) is 0 Å². The van der Waals surface area contributed by atoms with Crippen LogP contribution in [0.3, 0.4) is 0 Å². The Morgan fingerprint density at radius 3 is 1.33 bits per heavy atom. The molecule has 0 aromatic rings. The fourth-order valence-electron chi connectivity index (χ4n) is 0.818. The van der Waals surface area contributed by atoms with Crippen molar-refractivity contribution in [2.75, 3.05) is 13.1 Å². The zero-order valence-electron chi connectivity index (χ0n) is 11.3. The molecule has 1 aliphatic rings. The molecule has 0 atom stereocenters. The predicted molar refractivity (Wildman–Crippen MR) is 70.8 cm³/mol. The van der Waals surface area contributed by atoms with Crippen LogP contribution in [0.5, 0.6) is 0 Å². The predicted octanol–water partition coefficient (Wildman–Crippen LogP) is 3.88. The number of carbonyl (C=O) groups excluding carboxylic acids is 2. The van der Waals surface area contributed by atoms with Crippen LogP contribution >= 0.6 is 0 Å². The Kier molecular flexibility index (Phi) is 24.3. The molecule has 0 aromatic carbocycles. The summed E-state index contributed by atoms with van der Waals surface area (Å²) < 4.78 is 0. The van der Waals surface area contributed by atoms with Gasteiger partial charge in [0.05, 0.1) is 11.8 Å². The van der Waals surface area contributed by atoms with E-state index in [9.17, 15) is 9.59 Å². The minimum absolute atomic E-state index is 0. The maximum absolute atomic E-state index is 10.1. The topological polar surface area (TPSA) is 95.8 Å². The second-order valence-electron chi connectivity index (χ2n) is 3.61. The minimum atomic E-state index is -0.273. The SMILES string of the molecule is CCCC[NH-].CCCC[NH-].O=C1CCC(=O)[N-]1.[W]. The van der Waals surface area contributed by atoms with Gasteiger partial charge >= 0.3 is 0 Å². The number of carbonyl (C=O) groups is 2. The molecule has 0 radical (unpaired) electrons. The Morgan fingerprint density at radius 1 is 0.944 bits per heavy atom. The zero-order chi connectivity index (χ0) is 13.5. The molecule has 0 saturated carbocycles. The first-order chi connectivity index (χ1) is 8.12. The van der Waals surface area contributed by atoms with Crippen molar-refractivity contribution >= 4 is 11.8 Å². The van der Waals surface area contributed by atoms with E-state index >= 15 is 0 Å². The fourth-order valence-corrected chi connectivity index (χ4v) is 0.818. The van der Waals surface area contributed by atoms with E-state index in [1.807, 2.05) is 0 Å². The van der Waals surface area contributed by atoms with Crippen LogP contribution in [0.1, 0.15) is 52.4 Å². The van der Waals surface area contributed by atoms with Crippen LogP contribution in [-0.4, -0.2) is 24.9 Å². The number of unbranched alkanes of at least 4 members (excludes halogenated alkanes) is 2. The van der Waals surface area contributed by atoms with Gasteiger partial charge in [0, 0.05) is 21.1 Å². The van der Waals surface area contributed by atoms with Gasteiger partial charge < -0.3 is 26.4 Å². The molecule has 1 heterocycles. The quantitative estimate of drug-likeness (QED) is 0.638. The second-order valence-corrected chi connectivity index (χ2v) is 3.61. The number of imide groups is 1. The van der Waals surface area contributed by atoms with E-state index < -0.39 is 0 Å². The van der Waals surface area contributed by atoms with Crippen LogP contribution in [0.25, 0.3) is 16.8 Å². The Labute approximate surface area is 125 Å². The largest absolute Gasteiger partial charge is 0.677 e. The summed E-state index contributed by atoms with van der Waals surface area (Å²) in [5.41, 5.74) is 13.2. The van der Waals surface area contributed by atoms with Gasteiger partial charge in [-0.3, -0.25) is 0 Å². The third kappa shape index (κ3) is 21.1. The first-order valence-corrected chi connectivity index (χ1v) is 6.18. The van der Waals surface area contributed by atoms with Crippen molar-refractivity contribution in [2.45, 2.75) is 52.4 Å². The number of amides is 2. The normalized spacial score (nSPS) is 12.4. The average molecular weight is 426 g/mol. The van der Waals surface area contributed by atoms with Crippen LogP contribution in [0.4, 0.5) is 0 Å². The zero-order valence-corrected chi connectivity index (χ0v) is 14.3. The molecule has 2 amide bonds. The van der Waals surface area contributed by atoms with E-state index in [1.54, 1.807) is 0 Å². The van der Waals surface area contributed by atoms with Gasteiger partial charge in [-0.25, -0.2) is 0 Å². The first kappa shape index (κ1) is 22.9. The maximum Gasteiger partial charge on any atom is 0.0568 e. The standard InChI is InChI=1S/C4H5NO2.2C4H10N.W/c6-3-1-2-4(7)5-3;2*1-2-3-4-5;/h1-2H2,(H,5,6,7);2*5H,2-4H2,1H3;/q;2*-1;/p-1. The van der Waals surface area contributed by atoms with Gasteiger partial charge in [0.25, 0.3) is 0 Å². The van der Waals surface area contributed by atoms with Crippen molar-refractivity contribution in [3.8, 4) is 0 Å². The molecule has 108 valence electrons. The molecule has 2 N–H and O–H groups in total. The van der Waals surface area contributed by atoms with E-state index in [0.29, 0.717) is 25.9 Å². The number of nitrogens with one attached hydrogen (secondary N) is 2. The Morgan fingerprint density at radius 2 is 1.28 bits per heavy atom. The summed E-state index contributed by atoms with van der Waals surface area (Å²) in [6, 6.07) is 0. The molecule has 5 nitrogen and oxygen atoms in total. The summed E-state index contributed by atoms with van der Waals surface area (Å²) in [5, 5.41) is 3.11. The minimum Gasteiger partial charge on any atom is -0.677 e. The van der Waals surface area contributed by atoms with Gasteiger partial charge in [-0.05, 0) is 12.8 Å². The van der Waals surface area contributed by atoms with Crippen LogP contribution in [0.15, 0.2) is 0 Å². The van der Waals surface area contributed by atoms with E-state index in [2.05, 4.69) is 19.2 Å². The Hall–Kier alpha value is -0.252. The second kappa shape index (κ2) is 19.1.